The van der Waals surface area contributed by atoms with Gasteiger partial charge in [0, 0.05) is 23.1 Å². The van der Waals surface area contributed by atoms with E-state index in [2.05, 4.69) is 15.9 Å². The summed E-state index contributed by atoms with van der Waals surface area (Å²) in [6.45, 7) is 2.96. The number of amides is 1. The van der Waals surface area contributed by atoms with Crippen LogP contribution < -0.4 is 0 Å². The number of benzene rings is 2. The molecule has 0 bridgehead atoms. The van der Waals surface area contributed by atoms with E-state index in [0.717, 1.165) is 15.6 Å². The maximum Gasteiger partial charge on any atom is 0.295 e. The van der Waals surface area contributed by atoms with E-state index in [-0.39, 0.29) is 11.3 Å². The molecular formula is C22H23BrN2O3. The topological polar surface area (TPSA) is 60.9 Å². The second-order valence-electron chi connectivity index (χ2n) is 7.16. The summed E-state index contributed by atoms with van der Waals surface area (Å²) < 4.78 is 0.867. The molecule has 1 unspecified atom stereocenters. The number of halogens is 1. The molecule has 0 aromatic heterocycles. The predicted molar refractivity (Wildman–Crippen MR) is 113 cm³/mol. The molecule has 1 aliphatic heterocycles. The van der Waals surface area contributed by atoms with Gasteiger partial charge in [-0.2, -0.15) is 0 Å². The van der Waals surface area contributed by atoms with Crippen molar-refractivity contribution in [2.75, 3.05) is 27.2 Å². The number of aliphatic hydroxyl groups excluding tert-OH is 1. The van der Waals surface area contributed by atoms with E-state index in [1.54, 1.807) is 29.2 Å². The zero-order valence-electron chi connectivity index (χ0n) is 16.1. The van der Waals surface area contributed by atoms with E-state index >= 15 is 0 Å². The molecule has 1 fully saturated rings. The lowest BCUT2D eigenvalue weighted by Crippen LogP contribution is -2.35. The molecule has 0 saturated carbocycles. The quantitative estimate of drug-likeness (QED) is 0.435. The van der Waals surface area contributed by atoms with Gasteiger partial charge in [0.15, 0.2) is 0 Å². The number of aryl methyl sites for hydroxylation is 1. The van der Waals surface area contributed by atoms with Crippen LogP contribution in [0.25, 0.3) is 5.76 Å². The number of likely N-dealkylation sites (N-methyl/N-ethyl adjacent to an activating group) is 1. The standard InChI is InChI=1S/C22H23BrN2O3/c1-14-6-4-5-7-17(14)19-18(20(26)15-8-10-16(23)11-9-15)21(27)22(28)25(19)13-12-24(2)3/h4-11,19,26H,12-13H2,1-3H3/b20-18-. The number of aliphatic hydroxyl groups is 1. The summed E-state index contributed by atoms with van der Waals surface area (Å²) in [4.78, 5) is 29.2. The summed E-state index contributed by atoms with van der Waals surface area (Å²) in [7, 11) is 3.84. The maximum absolute atomic E-state index is 12.9. The first-order valence-corrected chi connectivity index (χ1v) is 9.85. The fraction of sp³-hybridized carbons (Fsp3) is 0.273. The van der Waals surface area contributed by atoms with Crippen LogP contribution in [-0.4, -0.2) is 53.8 Å². The molecule has 1 amide bonds. The third-order valence-electron chi connectivity index (χ3n) is 4.93. The lowest BCUT2D eigenvalue weighted by molar-refractivity contribution is -0.140. The van der Waals surface area contributed by atoms with Crippen LogP contribution in [0.1, 0.15) is 22.7 Å². The molecule has 1 atom stereocenters. The number of hydrogen-bond donors (Lipinski definition) is 1. The van der Waals surface area contributed by atoms with Gasteiger partial charge in [0.05, 0.1) is 11.6 Å². The zero-order chi connectivity index (χ0) is 20.4. The van der Waals surface area contributed by atoms with Crippen LogP contribution in [-0.2, 0) is 9.59 Å². The molecule has 3 rings (SSSR count). The molecule has 5 nitrogen and oxygen atoms in total. The van der Waals surface area contributed by atoms with E-state index in [4.69, 9.17) is 0 Å². The second-order valence-corrected chi connectivity index (χ2v) is 8.07. The van der Waals surface area contributed by atoms with Crippen LogP contribution in [0, 0.1) is 6.92 Å². The van der Waals surface area contributed by atoms with Gasteiger partial charge >= 0.3 is 0 Å². The van der Waals surface area contributed by atoms with Gasteiger partial charge in [-0.15, -0.1) is 0 Å². The SMILES string of the molecule is Cc1ccccc1C1/C(=C(/O)c2ccc(Br)cc2)C(=O)C(=O)N1CCN(C)C. The van der Waals surface area contributed by atoms with Crippen LogP contribution in [0.4, 0.5) is 0 Å². The third kappa shape index (κ3) is 3.88. The summed E-state index contributed by atoms with van der Waals surface area (Å²) >= 11 is 3.37. The highest BCUT2D eigenvalue weighted by molar-refractivity contribution is 9.10. The average Bonchev–Trinajstić information content (AvgIpc) is 2.91. The lowest BCUT2D eigenvalue weighted by atomic mass is 9.92. The minimum absolute atomic E-state index is 0.139. The van der Waals surface area contributed by atoms with Crippen LogP contribution >= 0.6 is 15.9 Å². The number of Topliss-reactive ketones (excluding diaryl/α,β-unsaturated/α-hetero) is 1. The highest BCUT2D eigenvalue weighted by Gasteiger charge is 2.46. The number of carbonyl (C=O) groups excluding carboxylic acids is 2. The molecule has 1 aliphatic rings. The first-order valence-electron chi connectivity index (χ1n) is 9.06. The van der Waals surface area contributed by atoms with Gasteiger partial charge in [-0.25, -0.2) is 0 Å². The number of ketones is 1. The van der Waals surface area contributed by atoms with E-state index in [1.807, 2.05) is 50.2 Å². The van der Waals surface area contributed by atoms with Gasteiger partial charge in [-0.3, -0.25) is 9.59 Å². The largest absolute Gasteiger partial charge is 0.507 e. The fourth-order valence-electron chi connectivity index (χ4n) is 3.40. The molecule has 0 aliphatic carbocycles. The Kier molecular flexibility index (Phi) is 6.01. The summed E-state index contributed by atoms with van der Waals surface area (Å²) in [5.41, 5.74) is 2.46. The minimum Gasteiger partial charge on any atom is -0.507 e. The normalized spacial score (nSPS) is 18.9. The van der Waals surface area contributed by atoms with Crippen LogP contribution in [0.15, 0.2) is 58.6 Å². The van der Waals surface area contributed by atoms with Crippen molar-refractivity contribution in [2.45, 2.75) is 13.0 Å². The Morgan fingerprint density at radius 1 is 1.11 bits per heavy atom. The van der Waals surface area contributed by atoms with Gasteiger partial charge in [0.1, 0.15) is 5.76 Å². The van der Waals surface area contributed by atoms with E-state index in [9.17, 15) is 14.7 Å². The van der Waals surface area contributed by atoms with Crippen LogP contribution in [0.5, 0.6) is 0 Å². The highest BCUT2D eigenvalue weighted by Crippen LogP contribution is 2.40. The first-order chi connectivity index (χ1) is 13.3. The molecule has 1 saturated heterocycles. The van der Waals surface area contributed by atoms with Crippen molar-refractivity contribution in [1.29, 1.82) is 0 Å². The number of nitrogens with zero attached hydrogens (tertiary/aromatic N) is 2. The number of rotatable bonds is 5. The summed E-state index contributed by atoms with van der Waals surface area (Å²) in [6.07, 6.45) is 0. The molecule has 146 valence electrons. The van der Waals surface area contributed by atoms with Crippen molar-refractivity contribution in [1.82, 2.24) is 9.80 Å². The summed E-state index contributed by atoms with van der Waals surface area (Å²) in [5.74, 6) is -1.37. The molecule has 28 heavy (non-hydrogen) atoms. The van der Waals surface area contributed by atoms with E-state index < -0.39 is 17.7 Å². The molecule has 0 spiro atoms. The van der Waals surface area contributed by atoms with Gasteiger partial charge in [-0.1, -0.05) is 52.3 Å². The van der Waals surface area contributed by atoms with E-state index in [1.165, 1.54) is 0 Å². The van der Waals surface area contributed by atoms with Crippen molar-refractivity contribution in [3.05, 3.63) is 75.3 Å². The zero-order valence-corrected chi connectivity index (χ0v) is 17.7. The molecular weight excluding hydrogens is 420 g/mol. The molecule has 6 heteroatoms. The first kappa shape index (κ1) is 20.3. The number of carbonyl (C=O) groups is 2. The predicted octanol–water partition coefficient (Wildman–Crippen LogP) is 3.74. The smallest absolute Gasteiger partial charge is 0.295 e. The Labute approximate surface area is 173 Å². The van der Waals surface area contributed by atoms with Crippen LogP contribution in [0.3, 0.4) is 0 Å². The van der Waals surface area contributed by atoms with Crippen molar-refractivity contribution in [2.24, 2.45) is 0 Å². The second kappa shape index (κ2) is 8.29. The molecule has 2 aromatic rings. The lowest BCUT2D eigenvalue weighted by Gasteiger charge is -2.27. The Balaban J connectivity index is 2.16. The van der Waals surface area contributed by atoms with Crippen molar-refractivity contribution < 1.29 is 14.7 Å². The Morgan fingerprint density at radius 2 is 1.75 bits per heavy atom. The van der Waals surface area contributed by atoms with Gasteiger partial charge < -0.3 is 14.9 Å². The molecule has 2 aromatic carbocycles. The van der Waals surface area contributed by atoms with Gasteiger partial charge in [-0.05, 0) is 44.3 Å². The molecule has 1 heterocycles. The van der Waals surface area contributed by atoms with Crippen molar-refractivity contribution in [3.8, 4) is 0 Å². The van der Waals surface area contributed by atoms with Gasteiger partial charge in [0.2, 0.25) is 0 Å². The molecule has 1 N–H and O–H groups in total. The van der Waals surface area contributed by atoms with E-state index in [0.29, 0.717) is 18.7 Å². The molecule has 0 radical (unpaired) electrons. The Hall–Kier alpha value is -2.44. The average molecular weight is 443 g/mol. The van der Waals surface area contributed by atoms with Crippen molar-refractivity contribution in [3.63, 3.8) is 0 Å². The highest BCUT2D eigenvalue weighted by atomic mass is 79.9. The third-order valence-corrected chi connectivity index (χ3v) is 5.46. The monoisotopic (exact) mass is 442 g/mol. The summed E-state index contributed by atoms with van der Waals surface area (Å²) in [5, 5.41) is 11.0. The Bertz CT molecular complexity index is 935. The van der Waals surface area contributed by atoms with Crippen LogP contribution in [0.2, 0.25) is 0 Å². The fourth-order valence-corrected chi connectivity index (χ4v) is 3.66. The minimum atomic E-state index is -0.646. The van der Waals surface area contributed by atoms with Crippen molar-refractivity contribution >= 4 is 33.4 Å². The Morgan fingerprint density at radius 3 is 2.36 bits per heavy atom. The van der Waals surface area contributed by atoms with Gasteiger partial charge in [0.25, 0.3) is 11.7 Å². The number of hydrogen-bond acceptors (Lipinski definition) is 4. The summed E-state index contributed by atoms with van der Waals surface area (Å²) in [6, 6.07) is 14.1. The maximum atomic E-state index is 12.9. The number of likely N-dealkylation sites (tertiary alicyclic amines) is 1.